The number of Topliss-reactive ketones (excluding diaryl/α,β-unsaturated/α-hetero) is 1. The number of carbonyl (C=O) groups excluding carboxylic acids is 4. The smallest absolute Gasteiger partial charge is 0.338 e. The van der Waals surface area contributed by atoms with Crippen molar-refractivity contribution in [3.8, 4) is 0 Å². The summed E-state index contributed by atoms with van der Waals surface area (Å²) in [4.78, 5) is 55.5. The standard InChI is InChI=1S/C37H52O11Si/c1-10-49(11-2,12-3)48-26-18-27-36(20-44-27,47-23(6)39)30-32(46-33(42)24-16-14-13-15-17-24)37(43)19-25(40)21(4)28(34(37,7)8)29(45-22(5)38)31(41)35(26,30)9/h13-17,25-27,29-30,32,40,43H,10-12,18-20H2,1-9H3/t25-,26-,27?,29+,30?,32-,35+,36-,37+/m0/s1. The highest BCUT2D eigenvalue weighted by Crippen LogP contribution is 2.65. The maximum absolute atomic E-state index is 15.6. The normalized spacial score (nSPS) is 36.7. The summed E-state index contributed by atoms with van der Waals surface area (Å²) in [6, 6.07) is 10.6. The van der Waals surface area contributed by atoms with Gasteiger partial charge in [-0.05, 0) is 55.3 Å². The Balaban J connectivity index is 1.88. The number of aliphatic hydroxyl groups is 2. The Morgan fingerprint density at radius 3 is 2.10 bits per heavy atom. The molecule has 49 heavy (non-hydrogen) atoms. The van der Waals surface area contributed by atoms with Gasteiger partial charge in [0, 0.05) is 32.1 Å². The second-order valence-electron chi connectivity index (χ2n) is 15.1. The fraction of sp³-hybridized carbons (Fsp3) is 0.676. The summed E-state index contributed by atoms with van der Waals surface area (Å²) in [6.45, 7) is 15.3. The van der Waals surface area contributed by atoms with Crippen LogP contribution in [0, 0.1) is 16.7 Å². The van der Waals surface area contributed by atoms with Gasteiger partial charge in [-0.25, -0.2) is 4.79 Å². The van der Waals surface area contributed by atoms with Gasteiger partial charge in [0.05, 0.1) is 35.7 Å². The van der Waals surface area contributed by atoms with Gasteiger partial charge in [-0.2, -0.15) is 0 Å². The van der Waals surface area contributed by atoms with E-state index in [4.69, 9.17) is 23.4 Å². The Kier molecular flexibility index (Phi) is 9.92. The SMILES string of the molecule is CC[Si](CC)(CC)O[C@H]1CC2OC[C@@]2(OC(C)=O)C2[C@H](OC(=O)c3ccccc3)[C@]3(O)C[C@H](O)C(C)=C([C@@H](OC(C)=O)C(=O)[C@@]21C)C3(C)C. The quantitative estimate of drug-likeness (QED) is 0.160. The maximum Gasteiger partial charge on any atom is 0.338 e. The van der Waals surface area contributed by atoms with Crippen LogP contribution in [0.3, 0.4) is 0 Å². The van der Waals surface area contributed by atoms with Gasteiger partial charge in [0.25, 0.3) is 0 Å². The topological polar surface area (TPSA) is 155 Å². The van der Waals surface area contributed by atoms with Crippen LogP contribution in [0.5, 0.6) is 0 Å². The number of carbonyl (C=O) groups is 4. The number of ketones is 1. The molecule has 2 unspecified atom stereocenters. The molecule has 4 aliphatic rings. The van der Waals surface area contributed by atoms with E-state index in [2.05, 4.69) is 20.8 Å². The van der Waals surface area contributed by atoms with Crippen LogP contribution in [0.25, 0.3) is 0 Å². The molecule has 0 spiro atoms. The highest BCUT2D eigenvalue weighted by molar-refractivity contribution is 6.73. The number of esters is 3. The predicted molar refractivity (Wildman–Crippen MR) is 181 cm³/mol. The van der Waals surface area contributed by atoms with Gasteiger partial charge < -0.3 is 33.6 Å². The molecule has 3 fully saturated rings. The van der Waals surface area contributed by atoms with E-state index < -0.39 is 90.5 Å². The van der Waals surface area contributed by atoms with E-state index in [0.717, 1.165) is 18.1 Å². The lowest BCUT2D eigenvalue weighted by Crippen LogP contribution is -2.82. The van der Waals surface area contributed by atoms with Crippen molar-refractivity contribution in [2.24, 2.45) is 16.7 Å². The molecule has 11 nitrogen and oxygen atoms in total. The van der Waals surface area contributed by atoms with Crippen LogP contribution in [-0.2, 0) is 37.8 Å². The number of benzene rings is 1. The van der Waals surface area contributed by atoms with Crippen LogP contribution >= 0.6 is 0 Å². The fourth-order valence-corrected chi connectivity index (χ4v) is 12.3. The molecule has 0 amide bonds. The van der Waals surface area contributed by atoms with Gasteiger partial charge in [0.2, 0.25) is 0 Å². The number of rotatable bonds is 9. The van der Waals surface area contributed by atoms with Crippen LogP contribution < -0.4 is 0 Å². The van der Waals surface area contributed by atoms with E-state index in [1.807, 2.05) is 0 Å². The minimum atomic E-state index is -2.48. The van der Waals surface area contributed by atoms with E-state index in [0.29, 0.717) is 5.57 Å². The highest BCUT2D eigenvalue weighted by Gasteiger charge is 2.78. The van der Waals surface area contributed by atoms with Crippen molar-refractivity contribution >= 4 is 32.0 Å². The Hall–Kier alpha value is -2.90. The van der Waals surface area contributed by atoms with E-state index in [1.165, 1.54) is 13.8 Å². The summed E-state index contributed by atoms with van der Waals surface area (Å²) in [6.07, 6.45) is -6.04. The van der Waals surface area contributed by atoms with Gasteiger partial charge in [0.1, 0.15) is 17.8 Å². The zero-order valence-corrected chi connectivity index (χ0v) is 31.2. The summed E-state index contributed by atoms with van der Waals surface area (Å²) in [5, 5.41) is 24.8. The van der Waals surface area contributed by atoms with Crippen LogP contribution in [0.2, 0.25) is 18.1 Å². The average Bonchev–Trinajstić information content (AvgIpc) is 3.04. The molecule has 1 aromatic carbocycles. The number of hydrogen-bond acceptors (Lipinski definition) is 11. The first kappa shape index (κ1) is 37.4. The molecule has 9 atom stereocenters. The zero-order chi connectivity index (χ0) is 36.3. The Morgan fingerprint density at radius 2 is 1.59 bits per heavy atom. The van der Waals surface area contributed by atoms with E-state index in [-0.39, 0.29) is 30.6 Å². The monoisotopic (exact) mass is 700 g/mol. The molecule has 2 saturated carbocycles. The van der Waals surface area contributed by atoms with Crippen molar-refractivity contribution in [2.75, 3.05) is 6.61 Å². The van der Waals surface area contributed by atoms with Crippen LogP contribution in [0.4, 0.5) is 0 Å². The number of aliphatic hydroxyl groups excluding tert-OH is 1. The molecule has 1 heterocycles. The molecule has 3 aliphatic carbocycles. The predicted octanol–water partition coefficient (Wildman–Crippen LogP) is 4.68. The van der Waals surface area contributed by atoms with Gasteiger partial charge in [-0.15, -0.1) is 0 Å². The lowest BCUT2D eigenvalue weighted by molar-refractivity contribution is -0.344. The molecular weight excluding hydrogens is 648 g/mol. The molecule has 5 rings (SSSR count). The average molecular weight is 701 g/mol. The van der Waals surface area contributed by atoms with Crippen LogP contribution in [0.15, 0.2) is 41.5 Å². The minimum Gasteiger partial charge on any atom is -0.455 e. The lowest BCUT2D eigenvalue weighted by atomic mass is 9.44. The van der Waals surface area contributed by atoms with Gasteiger partial charge in [0.15, 0.2) is 25.8 Å². The number of fused-ring (bicyclic) bond motifs is 5. The zero-order valence-electron chi connectivity index (χ0n) is 30.2. The Labute approximate surface area is 289 Å². The summed E-state index contributed by atoms with van der Waals surface area (Å²) in [7, 11) is -2.48. The Morgan fingerprint density at radius 1 is 0.980 bits per heavy atom. The molecule has 270 valence electrons. The number of ether oxygens (including phenoxy) is 4. The maximum atomic E-state index is 15.6. The first-order valence-corrected chi connectivity index (χ1v) is 20.0. The molecule has 12 heteroatoms. The van der Waals surface area contributed by atoms with Crippen LogP contribution in [0.1, 0.15) is 85.5 Å². The molecular formula is C37H52O11Si. The first-order chi connectivity index (χ1) is 22.9. The second-order valence-corrected chi connectivity index (χ2v) is 19.8. The highest BCUT2D eigenvalue weighted by atomic mass is 28.4. The summed E-state index contributed by atoms with van der Waals surface area (Å²) in [5.41, 5.74) is -5.83. The van der Waals surface area contributed by atoms with Crippen LogP contribution in [-0.4, -0.2) is 90.6 Å². The van der Waals surface area contributed by atoms with E-state index in [9.17, 15) is 24.6 Å². The molecule has 0 aromatic heterocycles. The largest absolute Gasteiger partial charge is 0.455 e. The van der Waals surface area contributed by atoms with Crippen molar-refractivity contribution in [3.05, 3.63) is 47.0 Å². The molecule has 1 saturated heterocycles. The van der Waals surface area contributed by atoms with Crippen molar-refractivity contribution in [2.45, 2.75) is 135 Å². The Bertz CT molecular complexity index is 1510. The molecule has 2 N–H and O–H groups in total. The minimum absolute atomic E-state index is 0.131. The number of hydrogen-bond donors (Lipinski definition) is 2. The third-order valence-electron chi connectivity index (χ3n) is 12.5. The first-order valence-electron chi connectivity index (χ1n) is 17.5. The van der Waals surface area contributed by atoms with Gasteiger partial charge in [-0.3, -0.25) is 14.4 Å². The molecule has 1 aliphatic heterocycles. The molecule has 2 bridgehead atoms. The van der Waals surface area contributed by atoms with Crippen molar-refractivity contribution in [1.29, 1.82) is 0 Å². The molecule has 0 radical (unpaired) electrons. The van der Waals surface area contributed by atoms with E-state index in [1.54, 1.807) is 58.0 Å². The van der Waals surface area contributed by atoms with Crippen molar-refractivity contribution in [1.82, 2.24) is 0 Å². The lowest BCUT2D eigenvalue weighted by Gasteiger charge is -2.68. The summed E-state index contributed by atoms with van der Waals surface area (Å²) < 4.78 is 31.9. The van der Waals surface area contributed by atoms with Gasteiger partial charge in [-0.1, -0.05) is 52.8 Å². The van der Waals surface area contributed by atoms with Gasteiger partial charge >= 0.3 is 17.9 Å². The summed E-state index contributed by atoms with van der Waals surface area (Å²) in [5.74, 6) is -3.91. The van der Waals surface area contributed by atoms with Crippen molar-refractivity contribution in [3.63, 3.8) is 0 Å². The van der Waals surface area contributed by atoms with Crippen molar-refractivity contribution < 1.29 is 52.8 Å². The third kappa shape index (κ3) is 5.62. The third-order valence-corrected chi connectivity index (χ3v) is 17.2. The second kappa shape index (κ2) is 13.0. The molecule has 1 aromatic rings. The van der Waals surface area contributed by atoms with E-state index >= 15 is 4.79 Å². The fourth-order valence-electron chi connectivity index (χ4n) is 9.36. The summed E-state index contributed by atoms with van der Waals surface area (Å²) >= 11 is 0.